The molecule has 0 aliphatic heterocycles. The lowest BCUT2D eigenvalue weighted by Crippen LogP contribution is -2.16. The first-order valence-corrected chi connectivity index (χ1v) is 7.85. The maximum atomic E-state index is 12.6. The predicted octanol–water partition coefficient (Wildman–Crippen LogP) is 2.88. The van der Waals surface area contributed by atoms with Gasteiger partial charge in [-0.2, -0.15) is 4.98 Å². The molecule has 8 nitrogen and oxygen atoms in total. The fourth-order valence-corrected chi connectivity index (χ4v) is 2.55. The normalized spacial score (nSPS) is 10.7. The Kier molecular flexibility index (Phi) is 3.98. The van der Waals surface area contributed by atoms with Crippen molar-refractivity contribution in [3.63, 3.8) is 0 Å². The van der Waals surface area contributed by atoms with Gasteiger partial charge in [0.25, 0.3) is 5.91 Å². The molecule has 0 atom stereocenters. The molecule has 0 unspecified atom stereocenters. The Morgan fingerprint density at radius 1 is 1.15 bits per heavy atom. The molecule has 8 heteroatoms. The van der Waals surface area contributed by atoms with Crippen LogP contribution in [0.1, 0.15) is 16.1 Å². The van der Waals surface area contributed by atoms with Gasteiger partial charge in [-0.15, -0.1) is 0 Å². The van der Waals surface area contributed by atoms with Gasteiger partial charge < -0.3 is 4.42 Å². The van der Waals surface area contributed by atoms with Gasteiger partial charge in [0, 0.05) is 18.6 Å². The van der Waals surface area contributed by atoms with Crippen molar-refractivity contribution >= 4 is 11.9 Å². The van der Waals surface area contributed by atoms with Crippen LogP contribution in [0.4, 0.5) is 6.01 Å². The summed E-state index contributed by atoms with van der Waals surface area (Å²) in [4.78, 5) is 29.2. The molecule has 0 aliphatic rings. The van der Waals surface area contributed by atoms with Crippen molar-refractivity contribution < 1.29 is 9.21 Å². The van der Waals surface area contributed by atoms with Crippen LogP contribution in [0.2, 0.25) is 0 Å². The molecule has 1 N–H and O–H groups in total. The number of aryl methyl sites for hydroxylation is 1. The lowest BCUT2D eigenvalue weighted by molar-refractivity contribution is 0.101. The number of nitrogens with zero attached hydrogens (tertiary/aromatic N) is 5. The second-order valence-electron chi connectivity index (χ2n) is 5.49. The molecule has 4 heterocycles. The van der Waals surface area contributed by atoms with Gasteiger partial charge in [0.15, 0.2) is 0 Å². The Hall–Kier alpha value is -3.81. The van der Waals surface area contributed by atoms with Crippen LogP contribution < -0.4 is 5.32 Å². The van der Waals surface area contributed by atoms with E-state index in [-0.39, 0.29) is 11.9 Å². The van der Waals surface area contributed by atoms with Crippen LogP contribution >= 0.6 is 0 Å². The van der Waals surface area contributed by atoms with Crippen molar-refractivity contribution in [2.75, 3.05) is 5.32 Å². The summed E-state index contributed by atoms with van der Waals surface area (Å²) in [6, 6.07) is 9.04. The lowest BCUT2D eigenvalue weighted by Gasteiger charge is -2.06. The highest BCUT2D eigenvalue weighted by Crippen LogP contribution is 2.22. The molecule has 0 radical (unpaired) electrons. The lowest BCUT2D eigenvalue weighted by atomic mass is 10.2. The Bertz CT molecular complexity index is 1050. The number of oxazole rings is 1. The monoisotopic (exact) mass is 346 g/mol. The van der Waals surface area contributed by atoms with E-state index in [2.05, 4.69) is 25.3 Å². The number of amides is 1. The molecule has 0 bridgehead atoms. The molecule has 26 heavy (non-hydrogen) atoms. The SMILES string of the molecule is Cc1cccnc1-c1coc(NC(=O)c2cccn2-c2ccncn2)n1. The maximum Gasteiger partial charge on any atom is 0.302 e. The molecule has 4 rings (SSSR count). The number of rotatable bonds is 4. The largest absolute Gasteiger partial charge is 0.431 e. The Morgan fingerprint density at radius 2 is 2.08 bits per heavy atom. The minimum atomic E-state index is -0.361. The van der Waals surface area contributed by atoms with Crippen molar-refractivity contribution in [2.45, 2.75) is 6.92 Å². The number of aromatic nitrogens is 5. The zero-order valence-corrected chi connectivity index (χ0v) is 13.8. The number of hydrogen-bond donors (Lipinski definition) is 1. The van der Waals surface area contributed by atoms with Crippen molar-refractivity contribution in [1.29, 1.82) is 0 Å². The summed E-state index contributed by atoms with van der Waals surface area (Å²) in [5, 5.41) is 2.66. The van der Waals surface area contributed by atoms with E-state index in [1.807, 2.05) is 19.1 Å². The van der Waals surface area contributed by atoms with Gasteiger partial charge in [-0.25, -0.2) is 9.97 Å². The molecule has 0 aliphatic carbocycles. The van der Waals surface area contributed by atoms with E-state index in [1.165, 1.54) is 12.6 Å². The Labute approximate surface area is 148 Å². The second kappa shape index (κ2) is 6.60. The number of carbonyl (C=O) groups excluding carboxylic acids is 1. The molecule has 0 fully saturated rings. The first-order valence-electron chi connectivity index (χ1n) is 7.85. The van der Waals surface area contributed by atoms with Crippen LogP contribution in [0.3, 0.4) is 0 Å². The average Bonchev–Trinajstić information content (AvgIpc) is 3.32. The molecule has 4 aromatic rings. The molecule has 0 aromatic carbocycles. The third kappa shape index (κ3) is 2.95. The van der Waals surface area contributed by atoms with Gasteiger partial charge in [0.05, 0.1) is 5.69 Å². The zero-order valence-electron chi connectivity index (χ0n) is 13.8. The average molecular weight is 346 g/mol. The highest BCUT2D eigenvalue weighted by atomic mass is 16.4. The standard InChI is InChI=1S/C18H14N6O2/c1-12-4-2-7-20-16(12)13-10-26-18(22-13)23-17(25)14-5-3-9-24(14)15-6-8-19-11-21-15/h2-11H,1H3,(H,22,23,25). The molecule has 128 valence electrons. The first kappa shape index (κ1) is 15.7. The summed E-state index contributed by atoms with van der Waals surface area (Å²) in [6.45, 7) is 1.93. The Morgan fingerprint density at radius 3 is 2.88 bits per heavy atom. The van der Waals surface area contributed by atoms with E-state index >= 15 is 0 Å². The number of carbonyl (C=O) groups is 1. The van der Waals surface area contributed by atoms with Crippen LogP contribution in [0, 0.1) is 6.92 Å². The molecular weight excluding hydrogens is 332 g/mol. The van der Waals surface area contributed by atoms with Crippen LogP contribution in [-0.4, -0.2) is 30.4 Å². The van der Waals surface area contributed by atoms with Crippen molar-refractivity contribution in [3.05, 3.63) is 72.8 Å². The van der Waals surface area contributed by atoms with Gasteiger partial charge in [-0.05, 0) is 36.8 Å². The predicted molar refractivity (Wildman–Crippen MR) is 93.8 cm³/mol. The van der Waals surface area contributed by atoms with E-state index in [4.69, 9.17) is 4.42 Å². The summed E-state index contributed by atoms with van der Waals surface area (Å²) < 4.78 is 7.03. The van der Waals surface area contributed by atoms with E-state index in [0.717, 1.165) is 5.56 Å². The summed E-state index contributed by atoms with van der Waals surface area (Å²) in [5.74, 6) is 0.229. The van der Waals surface area contributed by atoms with Crippen molar-refractivity contribution in [2.24, 2.45) is 0 Å². The zero-order chi connectivity index (χ0) is 17.9. The van der Waals surface area contributed by atoms with Crippen LogP contribution in [0.15, 0.2) is 65.9 Å². The highest BCUT2D eigenvalue weighted by molar-refractivity contribution is 6.02. The van der Waals surface area contributed by atoms with E-state index in [0.29, 0.717) is 22.9 Å². The Balaban J connectivity index is 1.57. The van der Waals surface area contributed by atoms with Crippen LogP contribution in [-0.2, 0) is 0 Å². The summed E-state index contributed by atoms with van der Waals surface area (Å²) >= 11 is 0. The second-order valence-corrected chi connectivity index (χ2v) is 5.49. The summed E-state index contributed by atoms with van der Waals surface area (Å²) in [5.41, 5.74) is 2.64. The topological polar surface area (TPSA) is 98.7 Å². The third-order valence-corrected chi connectivity index (χ3v) is 3.77. The molecule has 4 aromatic heterocycles. The summed E-state index contributed by atoms with van der Waals surface area (Å²) in [7, 11) is 0. The number of nitrogens with one attached hydrogen (secondary N) is 1. The van der Waals surface area contributed by atoms with Crippen LogP contribution in [0.25, 0.3) is 17.2 Å². The van der Waals surface area contributed by atoms with Gasteiger partial charge >= 0.3 is 6.01 Å². The van der Waals surface area contributed by atoms with Gasteiger partial charge in [-0.3, -0.25) is 19.7 Å². The fraction of sp³-hybridized carbons (Fsp3) is 0.0556. The van der Waals surface area contributed by atoms with Gasteiger partial charge in [0.2, 0.25) is 0 Å². The third-order valence-electron chi connectivity index (χ3n) is 3.77. The number of anilines is 1. The van der Waals surface area contributed by atoms with Gasteiger partial charge in [0.1, 0.15) is 29.8 Å². The minimum absolute atomic E-state index is 0.102. The molecule has 0 spiro atoms. The summed E-state index contributed by atoms with van der Waals surface area (Å²) in [6.07, 6.45) is 7.93. The molecule has 0 saturated heterocycles. The fourth-order valence-electron chi connectivity index (χ4n) is 2.55. The molecule has 0 saturated carbocycles. The van der Waals surface area contributed by atoms with Crippen molar-refractivity contribution in [3.8, 4) is 17.2 Å². The quantitative estimate of drug-likeness (QED) is 0.610. The first-order chi connectivity index (χ1) is 12.7. The van der Waals surface area contributed by atoms with Crippen molar-refractivity contribution in [1.82, 2.24) is 24.5 Å². The molecular formula is C18H14N6O2. The van der Waals surface area contributed by atoms with E-state index < -0.39 is 0 Å². The van der Waals surface area contributed by atoms with Crippen LogP contribution in [0.5, 0.6) is 0 Å². The minimum Gasteiger partial charge on any atom is -0.431 e. The number of hydrogen-bond acceptors (Lipinski definition) is 6. The number of pyridine rings is 1. The van der Waals surface area contributed by atoms with E-state index in [9.17, 15) is 4.79 Å². The van der Waals surface area contributed by atoms with E-state index in [1.54, 1.807) is 41.4 Å². The van der Waals surface area contributed by atoms with Gasteiger partial charge in [-0.1, -0.05) is 6.07 Å². The maximum absolute atomic E-state index is 12.6. The molecule has 1 amide bonds. The smallest absolute Gasteiger partial charge is 0.302 e. The highest BCUT2D eigenvalue weighted by Gasteiger charge is 2.16.